The van der Waals surface area contributed by atoms with E-state index in [9.17, 15) is 9.90 Å². The Hall–Kier alpha value is -1.37. The molecule has 0 fully saturated rings. The van der Waals surface area contributed by atoms with Gasteiger partial charge in [-0.1, -0.05) is 43.7 Å². The summed E-state index contributed by atoms with van der Waals surface area (Å²) in [5, 5.41) is 11.9. The topological polar surface area (TPSA) is 58.6 Å². The van der Waals surface area contributed by atoms with E-state index in [1.54, 1.807) is 6.92 Å². The Morgan fingerprint density at radius 3 is 2.52 bits per heavy atom. The summed E-state index contributed by atoms with van der Waals surface area (Å²) in [7, 11) is 0. The van der Waals surface area contributed by atoms with Crippen LogP contribution in [-0.4, -0.2) is 12.6 Å². The predicted octanol–water partition coefficient (Wildman–Crippen LogP) is 0.0215. The fourth-order valence-corrected chi connectivity index (χ4v) is 2.86. The van der Waals surface area contributed by atoms with Crippen LogP contribution in [0.5, 0.6) is 0 Å². The first-order valence-corrected chi connectivity index (χ1v) is 7.94. The number of hydrogen-bond donors (Lipinski definition) is 0. The van der Waals surface area contributed by atoms with Crippen LogP contribution in [0.3, 0.4) is 0 Å². The minimum Gasteiger partial charge on any atom is -0.598 e. The van der Waals surface area contributed by atoms with E-state index in [1.165, 1.54) is 0 Å². The maximum atomic E-state index is 11.9. The standard InChI is InChI=1S/C18H24O4.Li/c1-3-5-11-15-17(20)22-18(15,13-12-16(19)21-4-2)14-9-7-6-8-10-14;/h6-10,20H,3-5,11-13H2,1-2H3;/q;+1/p-1. The number of benzene rings is 1. The van der Waals surface area contributed by atoms with Crippen molar-refractivity contribution in [2.24, 2.45) is 0 Å². The molecular formula is C18H23LiO4. The molecule has 0 bridgehead atoms. The molecule has 1 heterocycles. The summed E-state index contributed by atoms with van der Waals surface area (Å²) < 4.78 is 10.6. The molecule has 0 saturated carbocycles. The van der Waals surface area contributed by atoms with Crippen molar-refractivity contribution in [2.75, 3.05) is 6.61 Å². The van der Waals surface area contributed by atoms with Gasteiger partial charge in [0.25, 0.3) is 0 Å². The number of carbonyl (C=O) groups is 1. The largest absolute Gasteiger partial charge is 1.00 e. The Balaban J connectivity index is 0.00000264. The van der Waals surface area contributed by atoms with E-state index in [1.807, 2.05) is 30.3 Å². The van der Waals surface area contributed by atoms with E-state index in [4.69, 9.17) is 9.47 Å². The van der Waals surface area contributed by atoms with Crippen molar-refractivity contribution in [2.45, 2.75) is 51.6 Å². The predicted molar refractivity (Wildman–Crippen MR) is 81.6 cm³/mol. The van der Waals surface area contributed by atoms with Crippen LogP contribution in [0, 0.1) is 0 Å². The minimum absolute atomic E-state index is 0. The monoisotopic (exact) mass is 310 g/mol. The van der Waals surface area contributed by atoms with Crippen molar-refractivity contribution in [3.8, 4) is 0 Å². The molecular weight excluding hydrogens is 287 g/mol. The summed E-state index contributed by atoms with van der Waals surface area (Å²) in [5.41, 5.74) is 0.968. The smallest absolute Gasteiger partial charge is 0.598 e. The van der Waals surface area contributed by atoms with Crippen LogP contribution in [0.1, 0.15) is 51.5 Å². The summed E-state index contributed by atoms with van der Waals surface area (Å²) in [6.07, 6.45) is 3.36. The molecule has 0 saturated heterocycles. The van der Waals surface area contributed by atoms with Crippen LogP contribution >= 0.6 is 0 Å². The molecule has 0 amide bonds. The van der Waals surface area contributed by atoms with Crippen molar-refractivity contribution in [3.63, 3.8) is 0 Å². The average Bonchev–Trinajstić information content (AvgIpc) is 2.52. The van der Waals surface area contributed by atoms with Crippen LogP contribution in [0.15, 0.2) is 41.9 Å². The fourth-order valence-electron chi connectivity index (χ4n) is 2.86. The number of rotatable bonds is 8. The molecule has 5 heteroatoms. The van der Waals surface area contributed by atoms with Crippen molar-refractivity contribution >= 4 is 5.97 Å². The Kier molecular flexibility index (Phi) is 7.74. The van der Waals surface area contributed by atoms with Crippen molar-refractivity contribution in [1.82, 2.24) is 0 Å². The molecule has 1 aliphatic rings. The van der Waals surface area contributed by atoms with E-state index < -0.39 is 5.60 Å². The van der Waals surface area contributed by atoms with Crippen LogP contribution in [0.25, 0.3) is 0 Å². The normalized spacial score (nSPS) is 19.4. The molecule has 0 spiro atoms. The Morgan fingerprint density at radius 2 is 1.96 bits per heavy atom. The van der Waals surface area contributed by atoms with Crippen molar-refractivity contribution in [3.05, 3.63) is 47.4 Å². The second kappa shape index (κ2) is 9.05. The van der Waals surface area contributed by atoms with E-state index in [-0.39, 0.29) is 37.2 Å². The van der Waals surface area contributed by atoms with Crippen LogP contribution in [0.2, 0.25) is 0 Å². The van der Waals surface area contributed by atoms with Gasteiger partial charge in [-0.05, 0) is 37.3 Å². The maximum absolute atomic E-state index is 11.9. The second-order valence-electron chi connectivity index (χ2n) is 5.47. The van der Waals surface area contributed by atoms with E-state index in [2.05, 4.69) is 6.92 Å². The first-order chi connectivity index (χ1) is 10.6. The zero-order valence-electron chi connectivity index (χ0n) is 14.3. The van der Waals surface area contributed by atoms with Gasteiger partial charge < -0.3 is 14.6 Å². The van der Waals surface area contributed by atoms with Crippen LogP contribution in [-0.2, 0) is 19.9 Å². The number of unbranched alkanes of at least 4 members (excludes halogenated alkanes) is 1. The van der Waals surface area contributed by atoms with Crippen molar-refractivity contribution in [1.29, 1.82) is 0 Å². The van der Waals surface area contributed by atoms with Gasteiger partial charge in [0.05, 0.1) is 18.2 Å². The molecule has 23 heavy (non-hydrogen) atoms. The Bertz CT molecular complexity index is 541. The molecule has 1 aliphatic heterocycles. The third kappa shape index (κ3) is 4.34. The van der Waals surface area contributed by atoms with E-state index in [0.29, 0.717) is 19.4 Å². The van der Waals surface area contributed by atoms with E-state index in [0.717, 1.165) is 24.0 Å². The minimum atomic E-state index is -0.750. The van der Waals surface area contributed by atoms with E-state index >= 15 is 0 Å². The molecule has 1 unspecified atom stereocenters. The number of carbonyl (C=O) groups excluding carboxylic acids is 1. The molecule has 2 rings (SSSR count). The zero-order chi connectivity index (χ0) is 16.0. The number of esters is 1. The summed E-state index contributed by atoms with van der Waals surface area (Å²) >= 11 is 0. The third-order valence-electron chi connectivity index (χ3n) is 4.01. The molecule has 120 valence electrons. The van der Waals surface area contributed by atoms with Crippen LogP contribution < -0.4 is 24.0 Å². The molecule has 1 atom stereocenters. The Labute approximate surface area is 150 Å². The van der Waals surface area contributed by atoms with Gasteiger partial charge in [0.2, 0.25) is 0 Å². The second-order valence-corrected chi connectivity index (χ2v) is 5.47. The summed E-state index contributed by atoms with van der Waals surface area (Å²) in [5.74, 6) is -0.489. The molecule has 0 radical (unpaired) electrons. The van der Waals surface area contributed by atoms with Crippen LogP contribution in [0.4, 0.5) is 0 Å². The molecule has 1 aromatic carbocycles. The molecule has 1 aromatic rings. The van der Waals surface area contributed by atoms with Gasteiger partial charge in [-0.3, -0.25) is 4.79 Å². The van der Waals surface area contributed by atoms with Gasteiger partial charge in [0.1, 0.15) is 0 Å². The quantitative estimate of drug-likeness (QED) is 0.502. The average molecular weight is 310 g/mol. The Morgan fingerprint density at radius 1 is 1.26 bits per heavy atom. The van der Waals surface area contributed by atoms with Gasteiger partial charge in [0, 0.05) is 6.42 Å². The summed E-state index contributed by atoms with van der Waals surface area (Å²) in [6, 6.07) is 9.66. The molecule has 4 nitrogen and oxygen atoms in total. The van der Waals surface area contributed by atoms with Gasteiger partial charge in [-0.15, -0.1) is 0 Å². The van der Waals surface area contributed by atoms with Gasteiger partial charge >= 0.3 is 24.8 Å². The SMILES string of the molecule is CCCCC1=C([O-])OC1(CCC(=O)OCC)c1ccccc1.[Li+]. The number of hydrogen-bond acceptors (Lipinski definition) is 4. The third-order valence-corrected chi connectivity index (χ3v) is 4.01. The summed E-state index contributed by atoms with van der Waals surface area (Å²) in [6.45, 7) is 4.24. The molecule has 0 N–H and O–H groups in total. The van der Waals surface area contributed by atoms with Crippen molar-refractivity contribution < 1.29 is 38.2 Å². The van der Waals surface area contributed by atoms with Gasteiger partial charge in [-0.2, -0.15) is 0 Å². The fraction of sp³-hybridized carbons (Fsp3) is 0.500. The first-order valence-electron chi connectivity index (χ1n) is 7.94. The van der Waals surface area contributed by atoms with Gasteiger partial charge in [-0.25, -0.2) is 0 Å². The number of ether oxygens (including phenoxy) is 2. The summed E-state index contributed by atoms with van der Waals surface area (Å²) in [4.78, 5) is 11.7. The van der Waals surface area contributed by atoms with Gasteiger partial charge in [0.15, 0.2) is 0 Å². The molecule has 0 aliphatic carbocycles. The maximum Gasteiger partial charge on any atom is 1.00 e. The zero-order valence-corrected chi connectivity index (χ0v) is 14.3. The first kappa shape index (κ1) is 19.7. The molecule has 0 aromatic heterocycles.